The van der Waals surface area contributed by atoms with Crippen molar-refractivity contribution in [2.45, 2.75) is 96.1 Å². The molecule has 0 aromatic heterocycles. The van der Waals surface area contributed by atoms with E-state index >= 15 is 0 Å². The van der Waals surface area contributed by atoms with Crippen molar-refractivity contribution in [2.75, 3.05) is 56.7 Å². The summed E-state index contributed by atoms with van der Waals surface area (Å²) >= 11 is 0. The summed E-state index contributed by atoms with van der Waals surface area (Å²) in [4.78, 5) is 28.1. The number of methoxy groups -OCH3 is 1. The monoisotopic (exact) mass is 567 g/mol. The number of piperidine rings is 1. The number of benzene rings is 1. The first kappa shape index (κ1) is 31.7. The van der Waals surface area contributed by atoms with E-state index in [1.165, 1.54) is 56.9 Å². The molecule has 3 unspecified atom stereocenters. The summed E-state index contributed by atoms with van der Waals surface area (Å²) in [6.07, 6.45) is 13.9. The Bertz CT molecular complexity index is 1080. The second kappa shape index (κ2) is 17.0. The average Bonchev–Trinajstić information content (AvgIpc) is 3.01. The summed E-state index contributed by atoms with van der Waals surface area (Å²) in [5.74, 6) is 0.930. The molecule has 2 N–H and O–H groups in total. The van der Waals surface area contributed by atoms with E-state index in [4.69, 9.17) is 9.47 Å². The van der Waals surface area contributed by atoms with Gasteiger partial charge in [0.25, 0.3) is 10.9 Å². The van der Waals surface area contributed by atoms with Gasteiger partial charge in [-0.05, 0) is 50.1 Å². The van der Waals surface area contributed by atoms with Crippen molar-refractivity contribution < 1.29 is 9.47 Å². The molecule has 41 heavy (non-hydrogen) atoms. The zero-order valence-corrected chi connectivity index (χ0v) is 25.5. The lowest BCUT2D eigenvalue weighted by molar-refractivity contribution is -0.00235. The molecule has 228 valence electrons. The summed E-state index contributed by atoms with van der Waals surface area (Å²) in [6, 6.07) is 10.6. The second-order valence-corrected chi connectivity index (χ2v) is 12.3. The van der Waals surface area contributed by atoms with E-state index in [9.17, 15) is 9.59 Å². The number of nitrogens with one attached hydrogen (secondary N) is 2. The molecule has 0 spiro atoms. The SMILES string of the molecule is CCCCCNCC(CC1CCCCC1)Nc1c(N2CCCC(C(OCCCOC)c3ccccc3)C2)c(=O)c1=O. The lowest BCUT2D eigenvalue weighted by Gasteiger charge is -2.39. The van der Waals surface area contributed by atoms with Crippen LogP contribution in [0.2, 0.25) is 0 Å². The molecule has 0 bridgehead atoms. The summed E-state index contributed by atoms with van der Waals surface area (Å²) < 4.78 is 11.7. The van der Waals surface area contributed by atoms with Crippen molar-refractivity contribution in [1.29, 1.82) is 0 Å². The van der Waals surface area contributed by atoms with Crippen LogP contribution < -0.4 is 26.4 Å². The number of anilines is 2. The van der Waals surface area contributed by atoms with Crippen molar-refractivity contribution in [3.8, 4) is 0 Å². The van der Waals surface area contributed by atoms with Gasteiger partial charge in [-0.1, -0.05) is 82.2 Å². The van der Waals surface area contributed by atoms with Crippen molar-refractivity contribution in [1.82, 2.24) is 5.32 Å². The number of ether oxygens (including phenoxy) is 2. The minimum Gasteiger partial charge on any atom is -0.385 e. The zero-order valence-electron chi connectivity index (χ0n) is 25.5. The van der Waals surface area contributed by atoms with Crippen LogP contribution in [0.15, 0.2) is 39.9 Å². The van der Waals surface area contributed by atoms with Crippen molar-refractivity contribution in [3.05, 3.63) is 56.3 Å². The number of nitrogens with zero attached hydrogens (tertiary/aromatic N) is 1. The predicted molar refractivity (Wildman–Crippen MR) is 169 cm³/mol. The third-order valence-electron chi connectivity index (χ3n) is 9.04. The highest BCUT2D eigenvalue weighted by atomic mass is 16.5. The van der Waals surface area contributed by atoms with Gasteiger partial charge in [0, 0.05) is 51.9 Å². The van der Waals surface area contributed by atoms with E-state index in [-0.39, 0.29) is 28.9 Å². The molecule has 1 saturated heterocycles. The van der Waals surface area contributed by atoms with Crippen LogP contribution in [0.4, 0.5) is 11.4 Å². The Kier molecular flexibility index (Phi) is 13.2. The van der Waals surface area contributed by atoms with Crippen LogP contribution in [0.5, 0.6) is 0 Å². The summed E-state index contributed by atoms with van der Waals surface area (Å²) in [5, 5.41) is 7.24. The van der Waals surface area contributed by atoms with Gasteiger partial charge in [-0.15, -0.1) is 0 Å². The van der Waals surface area contributed by atoms with E-state index in [1.54, 1.807) is 7.11 Å². The van der Waals surface area contributed by atoms with Crippen LogP contribution in [-0.2, 0) is 9.47 Å². The quantitative estimate of drug-likeness (QED) is 0.173. The fourth-order valence-corrected chi connectivity index (χ4v) is 6.84. The maximum atomic E-state index is 13.0. The molecule has 1 aliphatic carbocycles. The summed E-state index contributed by atoms with van der Waals surface area (Å²) in [7, 11) is 1.71. The van der Waals surface area contributed by atoms with Gasteiger partial charge < -0.3 is 25.0 Å². The van der Waals surface area contributed by atoms with Gasteiger partial charge in [0.1, 0.15) is 11.4 Å². The van der Waals surface area contributed by atoms with Crippen LogP contribution in [0.3, 0.4) is 0 Å². The number of rotatable bonds is 18. The molecule has 1 saturated carbocycles. The minimum atomic E-state index is -0.350. The normalized spacial score (nSPS) is 19.9. The fourth-order valence-electron chi connectivity index (χ4n) is 6.84. The van der Waals surface area contributed by atoms with E-state index in [2.05, 4.69) is 46.7 Å². The molecule has 2 aromatic rings. The Morgan fingerprint density at radius 2 is 1.76 bits per heavy atom. The highest BCUT2D eigenvalue weighted by Crippen LogP contribution is 2.36. The van der Waals surface area contributed by atoms with Gasteiger partial charge >= 0.3 is 0 Å². The average molecular weight is 568 g/mol. The third-order valence-corrected chi connectivity index (χ3v) is 9.04. The summed E-state index contributed by atoms with van der Waals surface area (Å²) in [5.41, 5.74) is 1.63. The molecule has 4 rings (SSSR count). The number of hydrogen-bond acceptors (Lipinski definition) is 7. The van der Waals surface area contributed by atoms with Crippen molar-refractivity contribution in [3.63, 3.8) is 0 Å². The zero-order chi connectivity index (χ0) is 28.9. The predicted octanol–water partition coefficient (Wildman–Crippen LogP) is 5.82. The highest BCUT2D eigenvalue weighted by Gasteiger charge is 2.34. The Labute approximate surface area is 247 Å². The molecule has 2 fully saturated rings. The molecule has 1 heterocycles. The van der Waals surface area contributed by atoms with Crippen LogP contribution in [0.1, 0.15) is 95.6 Å². The number of unbranched alkanes of at least 4 members (excludes halogenated alkanes) is 2. The Balaban J connectivity index is 1.46. The first-order chi connectivity index (χ1) is 20.1. The molecule has 7 heteroatoms. The van der Waals surface area contributed by atoms with E-state index in [0.717, 1.165) is 45.3 Å². The molecule has 2 aliphatic rings. The lowest BCUT2D eigenvalue weighted by atomic mass is 9.84. The minimum absolute atomic E-state index is 0.0508. The first-order valence-electron chi connectivity index (χ1n) is 16.3. The van der Waals surface area contributed by atoms with Gasteiger partial charge in [-0.3, -0.25) is 9.59 Å². The maximum Gasteiger partial charge on any atom is 0.253 e. The molecule has 0 radical (unpaired) electrons. The third kappa shape index (κ3) is 9.13. The van der Waals surface area contributed by atoms with Crippen molar-refractivity contribution >= 4 is 11.4 Å². The topological polar surface area (TPSA) is 79.9 Å². The fraction of sp³-hybridized carbons (Fsp3) is 0.706. The molecule has 0 amide bonds. The van der Waals surface area contributed by atoms with Crippen LogP contribution in [0.25, 0.3) is 0 Å². The molecular weight excluding hydrogens is 514 g/mol. The van der Waals surface area contributed by atoms with Gasteiger partial charge in [-0.2, -0.15) is 0 Å². The molecule has 1 aliphatic heterocycles. The second-order valence-electron chi connectivity index (χ2n) is 12.3. The van der Waals surface area contributed by atoms with E-state index in [0.29, 0.717) is 37.1 Å². The standard InChI is InChI=1S/C34H53N3O4/c1-3-4-11-19-35-24-29(23-26-14-7-5-8-15-26)36-30-31(33(39)32(30)38)37-20-12-18-28(25-37)34(41-22-13-21-40-2)27-16-9-6-10-17-27/h6,9-10,16-17,26,28-29,34-36H,3-5,7-8,11-15,18-25H2,1-2H3. The molecule has 7 nitrogen and oxygen atoms in total. The van der Waals surface area contributed by atoms with Gasteiger partial charge in [0.2, 0.25) is 0 Å². The first-order valence-corrected chi connectivity index (χ1v) is 16.3. The largest absolute Gasteiger partial charge is 0.385 e. The summed E-state index contributed by atoms with van der Waals surface area (Å²) in [6.45, 7) is 6.86. The van der Waals surface area contributed by atoms with Crippen LogP contribution in [0, 0.1) is 11.8 Å². The molecular formula is C34H53N3O4. The van der Waals surface area contributed by atoms with Crippen LogP contribution >= 0.6 is 0 Å². The molecule has 3 atom stereocenters. The van der Waals surface area contributed by atoms with Gasteiger partial charge in [-0.25, -0.2) is 0 Å². The van der Waals surface area contributed by atoms with Crippen LogP contribution in [-0.4, -0.2) is 52.5 Å². The Morgan fingerprint density at radius 1 is 0.951 bits per heavy atom. The smallest absolute Gasteiger partial charge is 0.253 e. The van der Waals surface area contributed by atoms with E-state index in [1.807, 2.05) is 6.07 Å². The maximum absolute atomic E-state index is 13.0. The number of hydrogen-bond donors (Lipinski definition) is 2. The Hall–Kier alpha value is -2.22. The van der Waals surface area contributed by atoms with Crippen molar-refractivity contribution in [2.24, 2.45) is 11.8 Å². The highest BCUT2D eigenvalue weighted by molar-refractivity contribution is 5.75. The van der Waals surface area contributed by atoms with E-state index < -0.39 is 0 Å². The van der Waals surface area contributed by atoms with Gasteiger partial charge in [0.05, 0.1) is 6.10 Å². The molecule has 2 aromatic carbocycles. The lowest BCUT2D eigenvalue weighted by Crippen LogP contribution is -2.49. The van der Waals surface area contributed by atoms with Gasteiger partial charge in [0.15, 0.2) is 0 Å². The Morgan fingerprint density at radius 3 is 2.51 bits per heavy atom.